The maximum Gasteiger partial charge on any atom is 0.353 e. The van der Waals surface area contributed by atoms with E-state index in [9.17, 15) is 15.0 Å². The highest BCUT2D eigenvalue weighted by atomic mass is 16.7. The smallest absolute Gasteiger partial charge is 0.353 e. The van der Waals surface area contributed by atoms with E-state index in [2.05, 4.69) is 4.98 Å². The van der Waals surface area contributed by atoms with Crippen molar-refractivity contribution in [1.29, 1.82) is 0 Å². The Bertz CT molecular complexity index is 562. The zero-order valence-corrected chi connectivity index (χ0v) is 11.1. The summed E-state index contributed by atoms with van der Waals surface area (Å²) < 4.78 is 11.4. The van der Waals surface area contributed by atoms with E-state index in [1.165, 1.54) is 13.3 Å². The molecule has 9 heteroatoms. The van der Waals surface area contributed by atoms with Crippen molar-refractivity contribution >= 4 is 5.82 Å². The van der Waals surface area contributed by atoms with Gasteiger partial charge in [0.15, 0.2) is 6.10 Å². The first kappa shape index (κ1) is 14.9. The summed E-state index contributed by atoms with van der Waals surface area (Å²) in [7, 11) is 1.20. The average Bonchev–Trinajstić information content (AvgIpc) is 2.68. The number of rotatable bonds is 3. The summed E-state index contributed by atoms with van der Waals surface area (Å²) >= 11 is 0. The highest BCUT2D eigenvalue weighted by Gasteiger charge is 2.57. The van der Waals surface area contributed by atoms with Gasteiger partial charge in [0.05, 0.1) is 6.61 Å². The van der Waals surface area contributed by atoms with E-state index >= 15 is 0 Å². The molecule has 0 saturated carbocycles. The Hall–Kier alpha value is -1.52. The summed E-state index contributed by atoms with van der Waals surface area (Å²) in [5.41, 5.74) is 5.20. The zero-order valence-electron chi connectivity index (χ0n) is 11.1. The van der Waals surface area contributed by atoms with Crippen LogP contribution < -0.4 is 11.4 Å². The third-order valence-corrected chi connectivity index (χ3v) is 3.36. The number of nitrogens with zero attached hydrogens (tertiary/aromatic N) is 2. The van der Waals surface area contributed by atoms with Gasteiger partial charge in [0.1, 0.15) is 18.0 Å². The van der Waals surface area contributed by atoms with Gasteiger partial charge in [0.25, 0.3) is 5.91 Å². The van der Waals surface area contributed by atoms with Crippen LogP contribution in [0.4, 0.5) is 5.82 Å². The van der Waals surface area contributed by atoms with Crippen molar-refractivity contribution in [2.24, 2.45) is 0 Å². The number of aliphatic hydroxyl groups is 3. The van der Waals surface area contributed by atoms with Gasteiger partial charge in [0, 0.05) is 18.9 Å². The maximum atomic E-state index is 11.9. The van der Waals surface area contributed by atoms with Gasteiger partial charge in [0.2, 0.25) is 0 Å². The molecule has 0 aromatic carbocycles. The van der Waals surface area contributed by atoms with Crippen molar-refractivity contribution in [1.82, 2.24) is 9.55 Å². The van der Waals surface area contributed by atoms with Gasteiger partial charge >= 0.3 is 5.69 Å². The number of aromatic nitrogens is 2. The number of methoxy groups -OCH3 is 1. The van der Waals surface area contributed by atoms with E-state index in [1.807, 2.05) is 0 Å². The van der Waals surface area contributed by atoms with Crippen LogP contribution >= 0.6 is 0 Å². The molecule has 0 unspecified atom stereocenters. The fraction of sp³-hybridized carbons (Fsp3) is 0.636. The third-order valence-electron chi connectivity index (χ3n) is 3.36. The Labute approximate surface area is 114 Å². The monoisotopic (exact) mass is 287 g/mol. The molecule has 2 heterocycles. The number of aliphatic hydroxyl groups excluding tert-OH is 3. The van der Waals surface area contributed by atoms with E-state index in [4.69, 9.17) is 20.3 Å². The topological polar surface area (TPSA) is 140 Å². The summed E-state index contributed by atoms with van der Waals surface area (Å²) in [6.45, 7) is 1.07. The standard InChI is InChI=1S/C11H17N3O6/c1-5-3-14(10(18)13-9(5)12)11(19-2)8(17)7(16)6(4-15)20-11/h3,6-8,15-17H,4H2,1-2H3,(H2,12,13,18)/t6-,7-,8-,11-/m1/s1. The van der Waals surface area contributed by atoms with Crippen LogP contribution in [0.15, 0.2) is 11.0 Å². The minimum absolute atomic E-state index is 0.0456. The van der Waals surface area contributed by atoms with Crippen LogP contribution in [0.2, 0.25) is 0 Å². The molecule has 20 heavy (non-hydrogen) atoms. The summed E-state index contributed by atoms with van der Waals surface area (Å²) in [4.78, 5) is 15.5. The Kier molecular flexibility index (Phi) is 3.80. The molecule has 5 N–H and O–H groups in total. The van der Waals surface area contributed by atoms with Crippen molar-refractivity contribution < 1.29 is 24.8 Å². The first-order chi connectivity index (χ1) is 9.37. The summed E-state index contributed by atoms with van der Waals surface area (Å²) in [5.74, 6) is -1.92. The molecule has 0 spiro atoms. The van der Waals surface area contributed by atoms with Gasteiger partial charge < -0.3 is 30.5 Å². The highest BCUT2D eigenvalue weighted by Crippen LogP contribution is 2.35. The van der Waals surface area contributed by atoms with E-state index in [1.54, 1.807) is 6.92 Å². The molecule has 112 valence electrons. The van der Waals surface area contributed by atoms with E-state index in [-0.39, 0.29) is 5.82 Å². The first-order valence-corrected chi connectivity index (χ1v) is 5.93. The molecule has 1 aliphatic rings. The first-order valence-electron chi connectivity index (χ1n) is 5.93. The lowest BCUT2D eigenvalue weighted by atomic mass is 10.1. The molecule has 1 aromatic rings. The number of hydrogen-bond acceptors (Lipinski definition) is 8. The number of ether oxygens (including phenoxy) is 2. The van der Waals surface area contributed by atoms with Crippen molar-refractivity contribution in [2.75, 3.05) is 19.5 Å². The molecular formula is C11H17N3O6. The largest absolute Gasteiger partial charge is 0.394 e. The number of hydrogen-bond donors (Lipinski definition) is 4. The van der Waals surface area contributed by atoms with Crippen LogP contribution in [-0.2, 0) is 15.4 Å². The second-order valence-electron chi connectivity index (χ2n) is 4.57. The van der Waals surface area contributed by atoms with Crippen molar-refractivity contribution in [3.05, 3.63) is 22.2 Å². The summed E-state index contributed by atoms with van der Waals surface area (Å²) in [5, 5.41) is 29.1. The van der Waals surface area contributed by atoms with Crippen molar-refractivity contribution in [3.63, 3.8) is 0 Å². The van der Waals surface area contributed by atoms with E-state index < -0.39 is 36.5 Å². The SMILES string of the molecule is CO[C@@]1(n2cc(C)c(N)nc2=O)O[C@H](CO)[C@@H](O)[C@H]1O. The molecule has 1 saturated heterocycles. The Morgan fingerprint density at radius 2 is 2.25 bits per heavy atom. The average molecular weight is 287 g/mol. The lowest BCUT2D eigenvalue weighted by Crippen LogP contribution is -2.52. The van der Waals surface area contributed by atoms with Gasteiger partial charge in [-0.05, 0) is 6.92 Å². The molecule has 9 nitrogen and oxygen atoms in total. The molecular weight excluding hydrogens is 270 g/mol. The minimum atomic E-state index is -1.96. The van der Waals surface area contributed by atoms with Crippen LogP contribution in [0.25, 0.3) is 0 Å². The predicted octanol–water partition coefficient (Wildman–Crippen LogP) is -2.50. The third kappa shape index (κ3) is 2.00. The molecule has 1 fully saturated rings. The van der Waals surface area contributed by atoms with Crippen LogP contribution in [0.1, 0.15) is 5.56 Å². The van der Waals surface area contributed by atoms with Crippen molar-refractivity contribution in [3.8, 4) is 0 Å². The minimum Gasteiger partial charge on any atom is -0.394 e. The van der Waals surface area contributed by atoms with Gasteiger partial charge in [-0.25, -0.2) is 9.36 Å². The highest BCUT2D eigenvalue weighted by molar-refractivity contribution is 5.35. The molecule has 0 amide bonds. The predicted molar refractivity (Wildman–Crippen MR) is 66.6 cm³/mol. The molecule has 1 aromatic heterocycles. The van der Waals surface area contributed by atoms with Gasteiger partial charge in [-0.1, -0.05) is 0 Å². The van der Waals surface area contributed by atoms with Crippen molar-refractivity contribution in [2.45, 2.75) is 31.1 Å². The Balaban J connectivity index is 2.58. The van der Waals surface area contributed by atoms with Crippen LogP contribution in [0.3, 0.4) is 0 Å². The van der Waals surface area contributed by atoms with Crippen LogP contribution in [0.5, 0.6) is 0 Å². The summed E-state index contributed by atoms with van der Waals surface area (Å²) in [6, 6.07) is 0. The van der Waals surface area contributed by atoms with Crippen LogP contribution in [0, 0.1) is 6.92 Å². The van der Waals surface area contributed by atoms with E-state index in [0.717, 1.165) is 4.57 Å². The Morgan fingerprint density at radius 1 is 1.60 bits per heavy atom. The zero-order chi connectivity index (χ0) is 15.1. The maximum absolute atomic E-state index is 11.9. The van der Waals surface area contributed by atoms with Gasteiger partial charge in [-0.3, -0.25) is 0 Å². The van der Waals surface area contributed by atoms with Gasteiger partial charge in [-0.2, -0.15) is 4.98 Å². The quantitative estimate of drug-likeness (QED) is 0.478. The number of anilines is 1. The lowest BCUT2D eigenvalue weighted by Gasteiger charge is -2.31. The Morgan fingerprint density at radius 3 is 2.75 bits per heavy atom. The molecule has 0 radical (unpaired) electrons. The fourth-order valence-electron chi connectivity index (χ4n) is 2.17. The molecule has 1 aliphatic heterocycles. The number of nitrogen functional groups attached to an aromatic ring is 1. The number of nitrogens with two attached hydrogens (primary N) is 1. The second kappa shape index (κ2) is 5.11. The molecule has 0 bridgehead atoms. The summed E-state index contributed by atoms with van der Waals surface area (Å²) in [6.07, 6.45) is -2.77. The number of aryl methyl sites for hydroxylation is 1. The molecule has 0 aliphatic carbocycles. The molecule has 4 atom stereocenters. The lowest BCUT2D eigenvalue weighted by molar-refractivity contribution is -0.306. The van der Waals surface area contributed by atoms with Crippen LogP contribution in [-0.4, -0.2) is 56.9 Å². The second-order valence-corrected chi connectivity index (χ2v) is 4.57. The normalized spacial score (nSPS) is 33.5. The van der Waals surface area contributed by atoms with E-state index in [0.29, 0.717) is 5.56 Å². The van der Waals surface area contributed by atoms with Gasteiger partial charge in [-0.15, -0.1) is 0 Å². The molecule has 2 rings (SSSR count). The fourth-order valence-corrected chi connectivity index (χ4v) is 2.17.